The van der Waals surface area contributed by atoms with Crippen LogP contribution in [0.5, 0.6) is 5.88 Å². The fourth-order valence-corrected chi connectivity index (χ4v) is 3.44. The van der Waals surface area contributed by atoms with E-state index < -0.39 is 41.6 Å². The molecule has 138 valence electrons. The Morgan fingerprint density at radius 2 is 2.20 bits per heavy atom. The van der Waals surface area contributed by atoms with Crippen molar-refractivity contribution in [1.29, 1.82) is 0 Å². The van der Waals surface area contributed by atoms with E-state index in [1.54, 1.807) is 24.1 Å². The van der Waals surface area contributed by atoms with Crippen molar-refractivity contribution in [2.24, 2.45) is 7.05 Å². The summed E-state index contributed by atoms with van der Waals surface area (Å²) in [5, 5.41) is 13.4. The van der Waals surface area contributed by atoms with Gasteiger partial charge in [-0.05, 0) is 24.1 Å². The van der Waals surface area contributed by atoms with Crippen molar-refractivity contribution in [2.75, 3.05) is 13.2 Å². The van der Waals surface area contributed by atoms with E-state index in [2.05, 4.69) is 14.8 Å². The molecule has 0 spiro atoms. The van der Waals surface area contributed by atoms with Crippen molar-refractivity contribution in [1.82, 2.24) is 19.5 Å². The number of pyridine rings is 1. The highest BCUT2D eigenvalue weighted by Crippen LogP contribution is 2.21. The molecule has 2 rings (SSSR count). The average Bonchev–Trinajstić information content (AvgIpc) is 2.97. The van der Waals surface area contributed by atoms with E-state index in [0.717, 1.165) is 5.56 Å². The molecule has 0 aromatic carbocycles. The van der Waals surface area contributed by atoms with E-state index >= 15 is 0 Å². The van der Waals surface area contributed by atoms with Crippen LogP contribution in [0.1, 0.15) is 5.56 Å². The summed E-state index contributed by atoms with van der Waals surface area (Å²) in [5.74, 6) is -0.423. The summed E-state index contributed by atoms with van der Waals surface area (Å²) in [5.41, 5.74) is 0.726. The van der Waals surface area contributed by atoms with Gasteiger partial charge in [0.1, 0.15) is 4.90 Å². The second kappa shape index (κ2) is 8.32. The Morgan fingerprint density at radius 1 is 1.44 bits per heavy atom. The molecule has 0 aliphatic heterocycles. The van der Waals surface area contributed by atoms with Gasteiger partial charge in [0.2, 0.25) is 15.9 Å². The molecule has 2 N–H and O–H groups in total. The summed E-state index contributed by atoms with van der Waals surface area (Å²) >= 11 is 0. The van der Waals surface area contributed by atoms with Crippen LogP contribution in [-0.2, 0) is 23.5 Å². The van der Waals surface area contributed by atoms with Gasteiger partial charge in [0.15, 0.2) is 6.61 Å². The molecule has 0 saturated heterocycles. The van der Waals surface area contributed by atoms with Gasteiger partial charge in [-0.25, -0.2) is 26.9 Å². The standard InChI is InChI=1S/C14H18F2N4O4S/c1-20-7-10(6-18-20)5-11(8-21)19-25(22,23)12-3-2-4-17-14(12)24-9-13(15)16/h2-4,6-7,11,13,19,21H,5,8-9H2,1H3. The number of sulfonamides is 1. The third kappa shape index (κ3) is 5.44. The fourth-order valence-electron chi connectivity index (χ4n) is 2.12. The number of nitrogens with one attached hydrogen (secondary N) is 1. The van der Waals surface area contributed by atoms with Crippen LogP contribution in [0.3, 0.4) is 0 Å². The Kier molecular flexibility index (Phi) is 6.39. The van der Waals surface area contributed by atoms with Crippen molar-refractivity contribution in [3.8, 4) is 5.88 Å². The normalized spacial score (nSPS) is 13.2. The number of halogens is 2. The number of aliphatic hydroxyl groups excluding tert-OH is 1. The third-order valence-corrected chi connectivity index (χ3v) is 4.69. The largest absolute Gasteiger partial charge is 0.471 e. The molecular weight excluding hydrogens is 358 g/mol. The van der Waals surface area contributed by atoms with Crippen LogP contribution >= 0.6 is 0 Å². The summed E-state index contributed by atoms with van der Waals surface area (Å²) in [6, 6.07) is 1.71. The van der Waals surface area contributed by atoms with E-state index in [0.29, 0.717) is 0 Å². The van der Waals surface area contributed by atoms with E-state index in [4.69, 9.17) is 4.74 Å². The zero-order valence-electron chi connectivity index (χ0n) is 13.3. The lowest BCUT2D eigenvalue weighted by molar-refractivity contribution is 0.0779. The monoisotopic (exact) mass is 376 g/mol. The van der Waals surface area contributed by atoms with Gasteiger partial charge in [-0.2, -0.15) is 5.10 Å². The first-order chi connectivity index (χ1) is 11.8. The molecule has 0 aliphatic rings. The molecule has 0 bridgehead atoms. The summed E-state index contributed by atoms with van der Waals surface area (Å²) in [7, 11) is -2.42. The van der Waals surface area contributed by atoms with Crippen molar-refractivity contribution in [3.05, 3.63) is 36.3 Å². The van der Waals surface area contributed by atoms with Crippen LogP contribution < -0.4 is 9.46 Å². The second-order valence-corrected chi connectivity index (χ2v) is 6.92. The highest BCUT2D eigenvalue weighted by Gasteiger charge is 2.25. The van der Waals surface area contributed by atoms with Gasteiger partial charge in [-0.3, -0.25) is 4.68 Å². The minimum absolute atomic E-state index is 0.205. The highest BCUT2D eigenvalue weighted by molar-refractivity contribution is 7.89. The Balaban J connectivity index is 2.16. The first-order valence-corrected chi connectivity index (χ1v) is 8.77. The zero-order chi connectivity index (χ0) is 18.4. The Labute approximate surface area is 143 Å². The van der Waals surface area contributed by atoms with Gasteiger partial charge in [0.05, 0.1) is 12.8 Å². The van der Waals surface area contributed by atoms with Crippen LogP contribution in [0.4, 0.5) is 8.78 Å². The Bertz CT molecular complexity index is 798. The van der Waals surface area contributed by atoms with Crippen LogP contribution in [0, 0.1) is 0 Å². The number of hydrogen-bond acceptors (Lipinski definition) is 6. The lowest BCUT2D eigenvalue weighted by Gasteiger charge is -2.17. The SMILES string of the molecule is Cn1cc(CC(CO)NS(=O)(=O)c2cccnc2OCC(F)F)cn1. The number of rotatable bonds is 9. The number of ether oxygens (including phenoxy) is 1. The minimum Gasteiger partial charge on any atom is -0.471 e. The molecule has 1 unspecified atom stereocenters. The van der Waals surface area contributed by atoms with Crippen LogP contribution in [0.15, 0.2) is 35.6 Å². The maximum Gasteiger partial charge on any atom is 0.272 e. The summed E-state index contributed by atoms with van der Waals surface area (Å²) in [6.07, 6.45) is 1.92. The summed E-state index contributed by atoms with van der Waals surface area (Å²) < 4.78 is 58.3. The maximum atomic E-state index is 12.5. The van der Waals surface area contributed by atoms with Crippen molar-refractivity contribution >= 4 is 10.0 Å². The lowest BCUT2D eigenvalue weighted by atomic mass is 10.1. The molecule has 0 amide bonds. The molecule has 8 nitrogen and oxygen atoms in total. The minimum atomic E-state index is -4.13. The quantitative estimate of drug-likeness (QED) is 0.654. The number of aromatic nitrogens is 3. The molecule has 2 heterocycles. The number of aryl methyl sites for hydroxylation is 1. The number of alkyl halides is 2. The van der Waals surface area contributed by atoms with E-state index in [9.17, 15) is 22.3 Å². The van der Waals surface area contributed by atoms with Gasteiger partial charge in [-0.1, -0.05) is 0 Å². The molecule has 2 aromatic rings. The van der Waals surface area contributed by atoms with Crippen LogP contribution in [0.25, 0.3) is 0 Å². The molecule has 0 aliphatic carbocycles. The van der Waals surface area contributed by atoms with Crippen molar-refractivity contribution < 1.29 is 27.0 Å². The fraction of sp³-hybridized carbons (Fsp3) is 0.429. The first-order valence-electron chi connectivity index (χ1n) is 7.28. The Hall–Kier alpha value is -2.11. The molecule has 0 saturated carbocycles. The first kappa shape index (κ1) is 19.2. The predicted molar refractivity (Wildman–Crippen MR) is 83.8 cm³/mol. The van der Waals surface area contributed by atoms with Gasteiger partial charge >= 0.3 is 0 Å². The predicted octanol–water partition coefficient (Wildman–Crippen LogP) is 0.341. The third-order valence-electron chi connectivity index (χ3n) is 3.15. The summed E-state index contributed by atoms with van der Waals surface area (Å²) in [4.78, 5) is 3.31. The Morgan fingerprint density at radius 3 is 2.80 bits per heavy atom. The number of nitrogens with zero attached hydrogens (tertiary/aromatic N) is 3. The topological polar surface area (TPSA) is 106 Å². The van der Waals surface area contributed by atoms with Gasteiger partial charge < -0.3 is 9.84 Å². The zero-order valence-corrected chi connectivity index (χ0v) is 14.2. The van der Waals surface area contributed by atoms with Crippen molar-refractivity contribution in [3.63, 3.8) is 0 Å². The molecule has 1 atom stereocenters. The van der Waals surface area contributed by atoms with Crippen molar-refractivity contribution in [2.45, 2.75) is 23.8 Å². The van der Waals surface area contributed by atoms with E-state index in [1.165, 1.54) is 18.3 Å². The summed E-state index contributed by atoms with van der Waals surface area (Å²) in [6.45, 7) is -1.43. The van der Waals surface area contributed by atoms with Gasteiger partial charge in [0.25, 0.3) is 6.43 Å². The smallest absolute Gasteiger partial charge is 0.272 e. The number of aliphatic hydroxyl groups is 1. The van der Waals surface area contributed by atoms with Crippen LogP contribution in [-0.4, -0.2) is 54.0 Å². The van der Waals surface area contributed by atoms with Crippen LogP contribution in [0.2, 0.25) is 0 Å². The highest BCUT2D eigenvalue weighted by atomic mass is 32.2. The van der Waals surface area contributed by atoms with E-state index in [-0.39, 0.29) is 11.3 Å². The average molecular weight is 376 g/mol. The lowest BCUT2D eigenvalue weighted by Crippen LogP contribution is -2.39. The number of hydrogen-bond donors (Lipinski definition) is 2. The van der Waals surface area contributed by atoms with Gasteiger partial charge in [-0.15, -0.1) is 0 Å². The van der Waals surface area contributed by atoms with E-state index in [1.807, 2.05) is 0 Å². The second-order valence-electron chi connectivity index (χ2n) is 5.24. The molecule has 0 radical (unpaired) electrons. The molecule has 11 heteroatoms. The molecule has 2 aromatic heterocycles. The molecule has 0 fully saturated rings. The molecular formula is C14H18F2N4O4S. The maximum absolute atomic E-state index is 12.5. The van der Waals surface area contributed by atoms with Gasteiger partial charge in [0, 0.05) is 25.5 Å². The molecule has 25 heavy (non-hydrogen) atoms.